The summed E-state index contributed by atoms with van der Waals surface area (Å²) < 4.78 is 0. The summed E-state index contributed by atoms with van der Waals surface area (Å²) in [6.45, 7) is 2.59. The highest BCUT2D eigenvalue weighted by molar-refractivity contribution is 7.09. The van der Waals surface area contributed by atoms with E-state index >= 15 is 0 Å². The number of thiazole rings is 1. The van der Waals surface area contributed by atoms with Crippen LogP contribution in [0.15, 0.2) is 23.6 Å². The number of rotatable bonds is 4. The Morgan fingerprint density at radius 3 is 2.84 bits per heavy atom. The van der Waals surface area contributed by atoms with Crippen LogP contribution < -0.4 is 4.90 Å². The Kier molecular flexibility index (Phi) is 4.15. The fourth-order valence-electron chi connectivity index (χ4n) is 1.91. The fourth-order valence-corrected chi connectivity index (χ4v) is 2.52. The van der Waals surface area contributed by atoms with Crippen LogP contribution in [0, 0.1) is 18.3 Å². The number of nitrogens with zero attached hydrogens (tertiary/aromatic N) is 3. The first-order chi connectivity index (χ1) is 9.13. The van der Waals surface area contributed by atoms with E-state index in [4.69, 9.17) is 5.11 Å². The average Bonchev–Trinajstić information content (AvgIpc) is 2.83. The van der Waals surface area contributed by atoms with E-state index in [2.05, 4.69) is 11.1 Å². The van der Waals surface area contributed by atoms with Gasteiger partial charge in [0, 0.05) is 12.4 Å². The number of aromatic nitrogens is 1. The van der Waals surface area contributed by atoms with Gasteiger partial charge in [0.2, 0.25) is 0 Å². The van der Waals surface area contributed by atoms with Gasteiger partial charge >= 0.3 is 0 Å². The lowest BCUT2D eigenvalue weighted by Crippen LogP contribution is -2.18. The zero-order chi connectivity index (χ0) is 13.8. The van der Waals surface area contributed by atoms with E-state index in [9.17, 15) is 5.26 Å². The highest BCUT2D eigenvalue weighted by atomic mass is 32.1. The Hall–Kier alpha value is -1.90. The Morgan fingerprint density at radius 2 is 2.26 bits per heavy atom. The van der Waals surface area contributed by atoms with E-state index < -0.39 is 0 Å². The van der Waals surface area contributed by atoms with Crippen molar-refractivity contribution in [3.63, 3.8) is 0 Å². The largest absolute Gasteiger partial charge is 0.392 e. The van der Waals surface area contributed by atoms with Crippen LogP contribution in [-0.4, -0.2) is 17.1 Å². The Labute approximate surface area is 116 Å². The molecule has 2 rings (SSSR count). The molecule has 0 amide bonds. The minimum Gasteiger partial charge on any atom is -0.392 e. The van der Waals surface area contributed by atoms with E-state index in [0.717, 1.165) is 22.0 Å². The topological polar surface area (TPSA) is 60.1 Å². The van der Waals surface area contributed by atoms with E-state index in [1.165, 1.54) is 0 Å². The second-order valence-electron chi connectivity index (χ2n) is 4.34. The zero-order valence-corrected chi connectivity index (χ0v) is 11.7. The van der Waals surface area contributed by atoms with Crippen LogP contribution in [-0.2, 0) is 13.2 Å². The number of aryl methyl sites for hydroxylation is 1. The van der Waals surface area contributed by atoms with E-state index in [1.807, 2.05) is 36.4 Å². The minimum absolute atomic E-state index is 0.0516. The monoisotopic (exact) mass is 273 g/mol. The molecule has 0 fully saturated rings. The molecule has 1 aromatic carbocycles. The number of hydrogen-bond donors (Lipinski definition) is 1. The predicted octanol–water partition coefficient (Wildman–Crippen LogP) is 2.45. The number of anilines is 1. The SMILES string of the molecule is Cc1nc(CN(C)c2ccc(CO)cc2C#N)cs1. The van der Waals surface area contributed by atoms with Gasteiger partial charge in [-0.25, -0.2) is 4.98 Å². The summed E-state index contributed by atoms with van der Waals surface area (Å²) >= 11 is 1.62. The van der Waals surface area contributed by atoms with Crippen molar-refractivity contribution >= 4 is 17.0 Å². The summed E-state index contributed by atoms with van der Waals surface area (Å²) in [5, 5.41) is 21.3. The smallest absolute Gasteiger partial charge is 0.101 e. The van der Waals surface area contributed by atoms with Crippen LogP contribution >= 0.6 is 11.3 Å². The van der Waals surface area contributed by atoms with Crippen LogP contribution in [0.3, 0.4) is 0 Å². The van der Waals surface area contributed by atoms with Crippen molar-refractivity contribution in [3.8, 4) is 6.07 Å². The molecule has 0 atom stereocenters. The summed E-state index contributed by atoms with van der Waals surface area (Å²) in [7, 11) is 1.93. The molecule has 1 aromatic heterocycles. The molecule has 98 valence electrons. The molecular formula is C14H15N3OS. The average molecular weight is 273 g/mol. The van der Waals surface area contributed by atoms with E-state index in [-0.39, 0.29) is 6.61 Å². The molecule has 0 bridgehead atoms. The summed E-state index contributed by atoms with van der Waals surface area (Å²) in [5.74, 6) is 0. The van der Waals surface area contributed by atoms with Crippen molar-refractivity contribution in [2.75, 3.05) is 11.9 Å². The first-order valence-corrected chi connectivity index (χ1v) is 6.78. The first-order valence-electron chi connectivity index (χ1n) is 5.90. The molecule has 0 saturated carbocycles. The quantitative estimate of drug-likeness (QED) is 0.929. The van der Waals surface area contributed by atoms with Crippen molar-refractivity contribution < 1.29 is 5.11 Å². The highest BCUT2D eigenvalue weighted by Gasteiger charge is 2.10. The number of benzene rings is 1. The molecule has 19 heavy (non-hydrogen) atoms. The molecule has 0 aliphatic heterocycles. The van der Waals surface area contributed by atoms with Gasteiger partial charge in [0.05, 0.1) is 35.1 Å². The molecular weight excluding hydrogens is 258 g/mol. The van der Waals surface area contributed by atoms with Crippen LogP contribution in [0.1, 0.15) is 21.8 Å². The second-order valence-corrected chi connectivity index (χ2v) is 5.40. The molecule has 0 aliphatic rings. The van der Waals surface area contributed by atoms with Crippen molar-refractivity contribution in [3.05, 3.63) is 45.4 Å². The summed E-state index contributed by atoms with van der Waals surface area (Å²) in [5.41, 5.74) is 3.17. The second kappa shape index (κ2) is 5.83. The fraction of sp³-hybridized carbons (Fsp3) is 0.286. The molecule has 5 heteroatoms. The van der Waals surface area contributed by atoms with Gasteiger partial charge in [-0.2, -0.15) is 5.26 Å². The molecule has 0 aliphatic carbocycles. The maximum Gasteiger partial charge on any atom is 0.101 e. The lowest BCUT2D eigenvalue weighted by Gasteiger charge is -2.19. The lowest BCUT2D eigenvalue weighted by molar-refractivity contribution is 0.282. The summed E-state index contributed by atoms with van der Waals surface area (Å²) in [6, 6.07) is 7.59. The van der Waals surface area contributed by atoms with E-state index in [1.54, 1.807) is 17.4 Å². The van der Waals surface area contributed by atoms with Gasteiger partial charge in [-0.1, -0.05) is 6.07 Å². The van der Waals surface area contributed by atoms with Gasteiger partial charge in [-0.15, -0.1) is 11.3 Å². The van der Waals surface area contributed by atoms with Crippen molar-refractivity contribution in [2.24, 2.45) is 0 Å². The van der Waals surface area contributed by atoms with Gasteiger partial charge < -0.3 is 10.0 Å². The van der Waals surface area contributed by atoms with Crippen molar-refractivity contribution in [1.29, 1.82) is 5.26 Å². The van der Waals surface area contributed by atoms with Crippen molar-refractivity contribution in [2.45, 2.75) is 20.1 Å². The minimum atomic E-state index is -0.0516. The van der Waals surface area contributed by atoms with Crippen molar-refractivity contribution in [1.82, 2.24) is 4.98 Å². The molecule has 0 spiro atoms. The predicted molar refractivity (Wildman–Crippen MR) is 76.0 cm³/mol. The number of aliphatic hydroxyl groups excluding tert-OH is 1. The molecule has 0 saturated heterocycles. The number of hydrogen-bond acceptors (Lipinski definition) is 5. The number of aliphatic hydroxyl groups is 1. The molecule has 1 N–H and O–H groups in total. The normalized spacial score (nSPS) is 10.2. The first kappa shape index (κ1) is 13.5. The third-order valence-corrected chi connectivity index (χ3v) is 3.66. The maximum atomic E-state index is 9.19. The number of nitriles is 1. The van der Waals surface area contributed by atoms with Crippen LogP contribution in [0.4, 0.5) is 5.69 Å². The van der Waals surface area contributed by atoms with Crippen LogP contribution in [0.2, 0.25) is 0 Å². The zero-order valence-electron chi connectivity index (χ0n) is 10.9. The Bertz CT molecular complexity index is 615. The molecule has 4 nitrogen and oxygen atoms in total. The maximum absolute atomic E-state index is 9.19. The van der Waals surface area contributed by atoms with Crippen LogP contribution in [0.25, 0.3) is 0 Å². The van der Waals surface area contributed by atoms with Crippen LogP contribution in [0.5, 0.6) is 0 Å². The Morgan fingerprint density at radius 1 is 1.47 bits per heavy atom. The van der Waals surface area contributed by atoms with E-state index in [0.29, 0.717) is 12.1 Å². The highest BCUT2D eigenvalue weighted by Crippen LogP contribution is 2.22. The van der Waals surface area contributed by atoms with Gasteiger partial charge in [0.15, 0.2) is 0 Å². The van der Waals surface area contributed by atoms with Gasteiger partial charge in [0.25, 0.3) is 0 Å². The molecule has 2 aromatic rings. The Balaban J connectivity index is 2.23. The summed E-state index contributed by atoms with van der Waals surface area (Å²) in [4.78, 5) is 6.41. The van der Waals surface area contributed by atoms with Gasteiger partial charge in [-0.05, 0) is 24.6 Å². The van der Waals surface area contributed by atoms with Gasteiger partial charge in [-0.3, -0.25) is 0 Å². The van der Waals surface area contributed by atoms with Gasteiger partial charge in [0.1, 0.15) is 6.07 Å². The summed E-state index contributed by atoms with van der Waals surface area (Å²) in [6.07, 6.45) is 0. The molecule has 1 heterocycles. The lowest BCUT2D eigenvalue weighted by atomic mass is 10.1. The molecule has 0 radical (unpaired) electrons. The third-order valence-electron chi connectivity index (χ3n) is 2.84. The standard InChI is InChI=1S/C14H15N3OS/c1-10-16-13(9-19-10)7-17(2)14-4-3-11(8-18)5-12(14)6-15/h3-5,9,18H,7-8H2,1-2H3. The molecule has 0 unspecified atom stereocenters. The third kappa shape index (κ3) is 3.11.